The Morgan fingerprint density at radius 1 is 0.974 bits per heavy atom. The van der Waals surface area contributed by atoms with E-state index in [1.165, 1.54) is 11.6 Å². The summed E-state index contributed by atoms with van der Waals surface area (Å²) in [5, 5.41) is 5.95. The summed E-state index contributed by atoms with van der Waals surface area (Å²) in [6.07, 6.45) is 7.27. The van der Waals surface area contributed by atoms with E-state index in [2.05, 4.69) is 45.9 Å². The second-order valence-corrected chi connectivity index (χ2v) is 9.89. The Kier molecular flexibility index (Phi) is 10.7. The molecule has 1 fully saturated rings. The number of nitrogens with zero attached hydrogens (tertiary/aromatic N) is 1. The molecule has 0 spiro atoms. The van der Waals surface area contributed by atoms with Crippen molar-refractivity contribution >= 4 is 29.3 Å². The highest BCUT2D eigenvalue weighted by molar-refractivity contribution is 6.05. The quantitative estimate of drug-likeness (QED) is 0.226. The first-order valence-electron chi connectivity index (χ1n) is 14.0. The molecule has 0 atom stereocenters. The van der Waals surface area contributed by atoms with Gasteiger partial charge < -0.3 is 20.3 Å². The lowest BCUT2D eigenvalue weighted by atomic mass is 9.89. The van der Waals surface area contributed by atoms with Gasteiger partial charge in [-0.1, -0.05) is 60.7 Å². The lowest BCUT2D eigenvalue weighted by Gasteiger charge is -2.35. The molecule has 1 aliphatic heterocycles. The van der Waals surface area contributed by atoms with E-state index < -0.39 is 0 Å². The van der Waals surface area contributed by atoms with Gasteiger partial charge in [0.05, 0.1) is 5.56 Å². The van der Waals surface area contributed by atoms with Gasteiger partial charge in [0, 0.05) is 50.3 Å². The normalized spacial score (nSPS) is 13.9. The molecule has 2 amide bonds. The fourth-order valence-electron chi connectivity index (χ4n) is 4.93. The van der Waals surface area contributed by atoms with E-state index in [0.717, 1.165) is 50.0 Å². The third-order valence-electron chi connectivity index (χ3n) is 7.01. The third kappa shape index (κ3) is 8.82. The summed E-state index contributed by atoms with van der Waals surface area (Å²) in [5.41, 5.74) is 4.42. The van der Waals surface area contributed by atoms with Gasteiger partial charge in [-0.15, -0.1) is 0 Å². The smallest absolute Gasteiger partial charge is 0.253 e. The molecule has 1 heterocycles. The Balaban J connectivity index is 1.43. The topological polar surface area (TPSA) is 70.7 Å². The minimum Gasteiger partial charge on any atom is -0.382 e. The number of benzene rings is 3. The van der Waals surface area contributed by atoms with Crippen LogP contribution in [0.15, 0.2) is 84.9 Å². The van der Waals surface area contributed by atoms with Crippen molar-refractivity contribution in [2.24, 2.45) is 5.92 Å². The minimum atomic E-state index is -0.239. The second kappa shape index (κ2) is 14.9. The van der Waals surface area contributed by atoms with Crippen LogP contribution in [0.5, 0.6) is 0 Å². The molecule has 4 rings (SSSR count). The van der Waals surface area contributed by atoms with Crippen molar-refractivity contribution in [1.29, 1.82) is 0 Å². The summed E-state index contributed by atoms with van der Waals surface area (Å²) in [6, 6.07) is 26.0. The van der Waals surface area contributed by atoms with Crippen LogP contribution in [0.4, 0.5) is 11.4 Å². The number of carbonyl (C=O) groups is 2. The Hall–Kier alpha value is -3.90. The Morgan fingerprint density at radius 2 is 1.69 bits per heavy atom. The lowest BCUT2D eigenvalue weighted by Crippen LogP contribution is -2.36. The number of hydrogen-bond donors (Lipinski definition) is 2. The van der Waals surface area contributed by atoms with Gasteiger partial charge in [0.25, 0.3) is 5.91 Å². The van der Waals surface area contributed by atoms with Gasteiger partial charge in [-0.3, -0.25) is 9.59 Å². The van der Waals surface area contributed by atoms with Gasteiger partial charge in [0.15, 0.2) is 0 Å². The first-order chi connectivity index (χ1) is 19.1. The molecule has 6 heteroatoms. The molecule has 6 nitrogen and oxygen atoms in total. The van der Waals surface area contributed by atoms with Crippen molar-refractivity contribution in [3.8, 4) is 0 Å². The summed E-state index contributed by atoms with van der Waals surface area (Å²) in [7, 11) is 0. The van der Waals surface area contributed by atoms with Gasteiger partial charge in [-0.25, -0.2) is 0 Å². The van der Waals surface area contributed by atoms with E-state index in [0.29, 0.717) is 36.9 Å². The summed E-state index contributed by atoms with van der Waals surface area (Å²) in [6.45, 7) is 5.57. The van der Waals surface area contributed by atoms with Gasteiger partial charge in [-0.2, -0.15) is 0 Å². The molecular weight excluding hydrogens is 486 g/mol. The highest BCUT2D eigenvalue weighted by atomic mass is 16.5. The van der Waals surface area contributed by atoms with Crippen LogP contribution in [0.3, 0.4) is 0 Å². The molecule has 39 heavy (non-hydrogen) atoms. The van der Waals surface area contributed by atoms with Gasteiger partial charge >= 0.3 is 0 Å². The number of piperidine rings is 1. The van der Waals surface area contributed by atoms with Crippen molar-refractivity contribution in [2.45, 2.75) is 32.6 Å². The predicted octanol–water partition coefficient (Wildman–Crippen LogP) is 5.95. The van der Waals surface area contributed by atoms with Crippen LogP contribution < -0.4 is 15.5 Å². The molecule has 3 aromatic carbocycles. The molecule has 0 radical (unpaired) electrons. The van der Waals surface area contributed by atoms with E-state index in [4.69, 9.17) is 4.74 Å². The zero-order chi connectivity index (χ0) is 27.3. The van der Waals surface area contributed by atoms with Crippen molar-refractivity contribution < 1.29 is 14.3 Å². The highest BCUT2D eigenvalue weighted by Gasteiger charge is 2.23. The average molecular weight is 526 g/mol. The predicted molar refractivity (Wildman–Crippen MR) is 159 cm³/mol. The van der Waals surface area contributed by atoms with E-state index in [1.807, 2.05) is 49.4 Å². The number of ether oxygens (including phenoxy) is 1. The van der Waals surface area contributed by atoms with Crippen LogP contribution in [0.2, 0.25) is 0 Å². The Bertz CT molecular complexity index is 1220. The second-order valence-electron chi connectivity index (χ2n) is 9.89. The van der Waals surface area contributed by atoms with Crippen molar-refractivity contribution in [3.05, 3.63) is 102 Å². The molecule has 3 aromatic rings. The van der Waals surface area contributed by atoms with Crippen LogP contribution in [0.25, 0.3) is 6.08 Å². The van der Waals surface area contributed by atoms with E-state index >= 15 is 0 Å². The van der Waals surface area contributed by atoms with Gasteiger partial charge in [-0.05, 0) is 73.9 Å². The minimum absolute atomic E-state index is 0.135. The molecule has 0 unspecified atom stereocenters. The Morgan fingerprint density at radius 3 is 2.41 bits per heavy atom. The number of nitrogens with one attached hydrogen (secondary N) is 2. The van der Waals surface area contributed by atoms with Crippen LogP contribution in [-0.2, 0) is 16.0 Å². The zero-order valence-corrected chi connectivity index (χ0v) is 22.8. The monoisotopic (exact) mass is 525 g/mol. The number of carbonyl (C=O) groups excluding carboxylic acids is 2. The standard InChI is InChI=1S/C33H39N3O3/c1-2-39-23-9-20-34-33(38)30-25-29(35-32(37)17-14-26-10-5-3-6-11-26)15-16-31(30)36-21-18-28(19-22-36)24-27-12-7-4-8-13-27/h3-8,10-17,25,28H,2,9,18-24H2,1H3,(H,34,38)(H,35,37)/b17-14+. The molecule has 0 saturated carbocycles. The summed E-state index contributed by atoms with van der Waals surface area (Å²) >= 11 is 0. The highest BCUT2D eigenvalue weighted by Crippen LogP contribution is 2.30. The molecule has 204 valence electrons. The maximum Gasteiger partial charge on any atom is 0.253 e. The van der Waals surface area contributed by atoms with E-state index in [-0.39, 0.29) is 11.8 Å². The van der Waals surface area contributed by atoms with Crippen molar-refractivity contribution in [3.63, 3.8) is 0 Å². The third-order valence-corrected chi connectivity index (χ3v) is 7.01. The SMILES string of the molecule is CCOCCCNC(=O)c1cc(NC(=O)/C=C/c2ccccc2)ccc1N1CCC(Cc2ccccc2)CC1. The molecule has 0 aliphatic carbocycles. The maximum absolute atomic E-state index is 13.3. The van der Waals surface area contributed by atoms with Gasteiger partial charge in [0.1, 0.15) is 0 Å². The summed E-state index contributed by atoms with van der Waals surface area (Å²) in [5.74, 6) is 0.259. The van der Waals surface area contributed by atoms with Gasteiger partial charge in [0.2, 0.25) is 5.91 Å². The van der Waals surface area contributed by atoms with Crippen molar-refractivity contribution in [2.75, 3.05) is 43.1 Å². The average Bonchev–Trinajstić information content (AvgIpc) is 2.97. The zero-order valence-electron chi connectivity index (χ0n) is 22.8. The molecule has 0 aromatic heterocycles. The summed E-state index contributed by atoms with van der Waals surface area (Å²) < 4.78 is 5.40. The Labute approximate surface area is 232 Å². The summed E-state index contributed by atoms with van der Waals surface area (Å²) in [4.78, 5) is 28.2. The molecular formula is C33H39N3O3. The molecule has 1 aliphatic rings. The fraction of sp³-hybridized carbons (Fsp3) is 0.333. The number of rotatable bonds is 12. The molecule has 2 N–H and O–H groups in total. The first kappa shape index (κ1) is 28.1. The van der Waals surface area contributed by atoms with E-state index in [9.17, 15) is 9.59 Å². The lowest BCUT2D eigenvalue weighted by molar-refractivity contribution is -0.111. The fourth-order valence-corrected chi connectivity index (χ4v) is 4.93. The van der Waals surface area contributed by atoms with Crippen LogP contribution in [0, 0.1) is 5.92 Å². The number of anilines is 2. The maximum atomic E-state index is 13.3. The number of amides is 2. The van der Waals surface area contributed by atoms with Crippen LogP contribution in [-0.4, -0.2) is 44.7 Å². The van der Waals surface area contributed by atoms with Crippen molar-refractivity contribution in [1.82, 2.24) is 5.32 Å². The molecule has 0 bridgehead atoms. The van der Waals surface area contributed by atoms with Crippen LogP contribution >= 0.6 is 0 Å². The number of hydrogen-bond acceptors (Lipinski definition) is 4. The van der Waals surface area contributed by atoms with Crippen LogP contribution in [0.1, 0.15) is 47.7 Å². The largest absolute Gasteiger partial charge is 0.382 e. The van der Waals surface area contributed by atoms with E-state index in [1.54, 1.807) is 12.1 Å². The molecule has 1 saturated heterocycles. The first-order valence-corrected chi connectivity index (χ1v) is 14.0.